The molecule has 23 heavy (non-hydrogen) atoms. The third-order valence-electron chi connectivity index (χ3n) is 3.73. The summed E-state index contributed by atoms with van der Waals surface area (Å²) in [5.41, 5.74) is 0. The fraction of sp³-hybridized carbons (Fsp3) is 0.400. The monoisotopic (exact) mass is 313 g/mol. The van der Waals surface area contributed by atoms with Gasteiger partial charge in [-0.2, -0.15) is 0 Å². The van der Waals surface area contributed by atoms with Gasteiger partial charge in [0.1, 0.15) is 17.2 Å². The van der Waals surface area contributed by atoms with E-state index in [1.807, 2.05) is 54.6 Å². The second kappa shape index (κ2) is 9.90. The standard InChI is InChI=1S/C20H27NO2/c1-3-17(2)21-14-7-8-15-22-19-12-9-13-20(16-19)23-18-10-5-4-6-11-18/h4-6,9-13,16-17,21H,3,7-8,14-15H2,1-2H3/t17-/m1/s1. The van der Waals surface area contributed by atoms with Crippen molar-refractivity contribution in [3.63, 3.8) is 0 Å². The van der Waals surface area contributed by atoms with Crippen LogP contribution < -0.4 is 14.8 Å². The quantitative estimate of drug-likeness (QED) is 0.624. The Kier molecular flexibility index (Phi) is 7.47. The second-order valence-corrected chi connectivity index (χ2v) is 5.71. The van der Waals surface area contributed by atoms with E-state index in [4.69, 9.17) is 9.47 Å². The van der Waals surface area contributed by atoms with Gasteiger partial charge in [0, 0.05) is 12.1 Å². The lowest BCUT2D eigenvalue weighted by molar-refractivity contribution is 0.303. The number of ether oxygens (including phenoxy) is 2. The lowest BCUT2D eigenvalue weighted by atomic mass is 10.2. The molecule has 0 bridgehead atoms. The summed E-state index contributed by atoms with van der Waals surface area (Å²) in [6.07, 6.45) is 3.35. The maximum absolute atomic E-state index is 5.81. The van der Waals surface area contributed by atoms with Crippen molar-refractivity contribution in [3.8, 4) is 17.2 Å². The molecule has 3 nitrogen and oxygen atoms in total. The highest BCUT2D eigenvalue weighted by Crippen LogP contribution is 2.25. The first-order valence-electron chi connectivity index (χ1n) is 8.47. The predicted octanol–water partition coefficient (Wildman–Crippen LogP) is 5.03. The number of benzene rings is 2. The van der Waals surface area contributed by atoms with E-state index in [0.717, 1.165) is 43.2 Å². The van der Waals surface area contributed by atoms with Crippen LogP contribution in [0.25, 0.3) is 0 Å². The zero-order valence-corrected chi connectivity index (χ0v) is 14.1. The van der Waals surface area contributed by atoms with Gasteiger partial charge in [-0.1, -0.05) is 31.2 Å². The van der Waals surface area contributed by atoms with Crippen LogP contribution in [0.3, 0.4) is 0 Å². The molecule has 0 amide bonds. The molecule has 1 atom stereocenters. The zero-order valence-electron chi connectivity index (χ0n) is 14.1. The highest BCUT2D eigenvalue weighted by atomic mass is 16.5. The van der Waals surface area contributed by atoms with Gasteiger partial charge in [0.05, 0.1) is 6.61 Å². The highest BCUT2D eigenvalue weighted by molar-refractivity contribution is 5.36. The van der Waals surface area contributed by atoms with Crippen molar-refractivity contribution in [1.82, 2.24) is 5.32 Å². The van der Waals surface area contributed by atoms with Crippen molar-refractivity contribution in [2.75, 3.05) is 13.2 Å². The summed E-state index contributed by atoms with van der Waals surface area (Å²) in [5, 5.41) is 3.49. The molecule has 0 saturated heterocycles. The third kappa shape index (κ3) is 6.74. The van der Waals surface area contributed by atoms with Gasteiger partial charge < -0.3 is 14.8 Å². The van der Waals surface area contributed by atoms with Crippen LogP contribution in [-0.4, -0.2) is 19.2 Å². The van der Waals surface area contributed by atoms with E-state index in [-0.39, 0.29) is 0 Å². The van der Waals surface area contributed by atoms with Crippen molar-refractivity contribution < 1.29 is 9.47 Å². The average Bonchev–Trinajstić information content (AvgIpc) is 2.59. The Balaban J connectivity index is 1.71. The number of para-hydroxylation sites is 1. The summed E-state index contributed by atoms with van der Waals surface area (Å²) in [5.74, 6) is 2.49. The van der Waals surface area contributed by atoms with Crippen LogP contribution >= 0.6 is 0 Å². The Morgan fingerprint density at radius 3 is 2.43 bits per heavy atom. The molecule has 2 aromatic rings. The van der Waals surface area contributed by atoms with Gasteiger partial charge >= 0.3 is 0 Å². The number of hydrogen-bond acceptors (Lipinski definition) is 3. The average molecular weight is 313 g/mol. The maximum atomic E-state index is 5.81. The third-order valence-corrected chi connectivity index (χ3v) is 3.73. The molecule has 124 valence electrons. The highest BCUT2D eigenvalue weighted by Gasteiger charge is 2.00. The normalized spacial score (nSPS) is 11.9. The minimum atomic E-state index is 0.600. The number of hydrogen-bond donors (Lipinski definition) is 1. The van der Waals surface area contributed by atoms with E-state index in [0.29, 0.717) is 6.04 Å². The number of rotatable bonds is 10. The minimum absolute atomic E-state index is 0.600. The van der Waals surface area contributed by atoms with E-state index in [1.165, 1.54) is 6.42 Å². The molecule has 0 aliphatic carbocycles. The molecule has 0 aliphatic heterocycles. The lowest BCUT2D eigenvalue weighted by Gasteiger charge is -2.11. The summed E-state index contributed by atoms with van der Waals surface area (Å²) in [6, 6.07) is 18.2. The van der Waals surface area contributed by atoms with E-state index >= 15 is 0 Å². The van der Waals surface area contributed by atoms with Crippen molar-refractivity contribution >= 4 is 0 Å². The molecule has 0 radical (unpaired) electrons. The molecule has 0 fully saturated rings. The van der Waals surface area contributed by atoms with Crippen LogP contribution in [0.15, 0.2) is 54.6 Å². The maximum Gasteiger partial charge on any atom is 0.131 e. The lowest BCUT2D eigenvalue weighted by Crippen LogP contribution is -2.26. The smallest absolute Gasteiger partial charge is 0.131 e. The molecule has 0 saturated carbocycles. The van der Waals surface area contributed by atoms with Crippen LogP contribution in [0.4, 0.5) is 0 Å². The van der Waals surface area contributed by atoms with E-state index in [1.54, 1.807) is 0 Å². The molecule has 2 aromatic carbocycles. The van der Waals surface area contributed by atoms with E-state index in [2.05, 4.69) is 19.2 Å². The van der Waals surface area contributed by atoms with Gasteiger partial charge in [0.15, 0.2) is 0 Å². The summed E-state index contributed by atoms with van der Waals surface area (Å²) in [4.78, 5) is 0. The Morgan fingerprint density at radius 2 is 1.65 bits per heavy atom. The molecule has 3 heteroatoms. The van der Waals surface area contributed by atoms with E-state index in [9.17, 15) is 0 Å². The minimum Gasteiger partial charge on any atom is -0.493 e. The zero-order chi connectivity index (χ0) is 16.3. The van der Waals surface area contributed by atoms with Crippen molar-refractivity contribution in [3.05, 3.63) is 54.6 Å². The van der Waals surface area contributed by atoms with Crippen molar-refractivity contribution in [2.24, 2.45) is 0 Å². The Bertz CT molecular complexity index is 557. The molecule has 0 aliphatic rings. The van der Waals surface area contributed by atoms with Crippen molar-refractivity contribution in [2.45, 2.75) is 39.2 Å². The first-order valence-corrected chi connectivity index (χ1v) is 8.47. The molecule has 1 N–H and O–H groups in total. The van der Waals surface area contributed by atoms with Crippen LogP contribution in [0.1, 0.15) is 33.1 Å². The molecular weight excluding hydrogens is 286 g/mol. The molecular formula is C20H27NO2. The summed E-state index contributed by atoms with van der Waals surface area (Å²) >= 11 is 0. The largest absolute Gasteiger partial charge is 0.493 e. The van der Waals surface area contributed by atoms with Gasteiger partial charge in [-0.3, -0.25) is 0 Å². The fourth-order valence-corrected chi connectivity index (χ4v) is 2.16. The van der Waals surface area contributed by atoms with Crippen LogP contribution in [0.2, 0.25) is 0 Å². The fourth-order valence-electron chi connectivity index (χ4n) is 2.16. The van der Waals surface area contributed by atoms with Crippen LogP contribution in [0, 0.1) is 0 Å². The second-order valence-electron chi connectivity index (χ2n) is 5.71. The van der Waals surface area contributed by atoms with Gasteiger partial charge in [0.2, 0.25) is 0 Å². The first-order chi connectivity index (χ1) is 11.3. The molecule has 0 unspecified atom stereocenters. The van der Waals surface area contributed by atoms with Crippen molar-refractivity contribution in [1.29, 1.82) is 0 Å². The summed E-state index contributed by atoms with van der Waals surface area (Å²) in [7, 11) is 0. The molecule has 0 spiro atoms. The topological polar surface area (TPSA) is 30.5 Å². The van der Waals surface area contributed by atoms with Crippen LogP contribution in [0.5, 0.6) is 17.2 Å². The Morgan fingerprint density at radius 1 is 0.913 bits per heavy atom. The van der Waals surface area contributed by atoms with Crippen LogP contribution in [-0.2, 0) is 0 Å². The van der Waals surface area contributed by atoms with Gasteiger partial charge in [-0.25, -0.2) is 0 Å². The Hall–Kier alpha value is -2.00. The SMILES string of the molecule is CC[C@@H](C)NCCCCOc1cccc(Oc2ccccc2)c1. The number of nitrogens with one attached hydrogen (secondary N) is 1. The summed E-state index contributed by atoms with van der Waals surface area (Å²) in [6.45, 7) is 6.20. The first kappa shape index (κ1) is 17.4. The summed E-state index contributed by atoms with van der Waals surface area (Å²) < 4.78 is 11.6. The van der Waals surface area contributed by atoms with Gasteiger partial charge in [-0.05, 0) is 57.0 Å². The molecule has 0 aromatic heterocycles. The number of unbranched alkanes of at least 4 members (excludes halogenated alkanes) is 1. The van der Waals surface area contributed by atoms with Gasteiger partial charge in [0.25, 0.3) is 0 Å². The molecule has 0 heterocycles. The van der Waals surface area contributed by atoms with E-state index < -0.39 is 0 Å². The Labute approximate surface area is 139 Å². The molecule has 2 rings (SSSR count). The predicted molar refractivity (Wildman–Crippen MR) is 95.4 cm³/mol. The van der Waals surface area contributed by atoms with Gasteiger partial charge in [-0.15, -0.1) is 0 Å².